The fraction of sp³-hybridized carbons (Fsp3) is 1.00. The highest BCUT2D eigenvalue weighted by molar-refractivity contribution is 5.32. The van der Waals surface area contributed by atoms with Gasteiger partial charge >= 0.3 is 0 Å². The largest absolute Gasteiger partial charge is 0.394 e. The molecule has 19 nitrogen and oxygen atoms in total. The van der Waals surface area contributed by atoms with Gasteiger partial charge in [-0.1, -0.05) is 34.6 Å². The van der Waals surface area contributed by atoms with Crippen LogP contribution in [-0.4, -0.2) is 202 Å². The molecule has 0 amide bonds. The van der Waals surface area contributed by atoms with E-state index >= 15 is 0 Å². The summed E-state index contributed by atoms with van der Waals surface area (Å²) in [6.45, 7) is 12.4. The molecular weight excluding hydrogens is 868 g/mol. The lowest BCUT2D eigenvalue weighted by Crippen LogP contribution is -2.65. The minimum atomic E-state index is -1.69. The predicted octanol–water partition coefficient (Wildman–Crippen LogP) is -1.61. The molecule has 8 aliphatic rings. The van der Waals surface area contributed by atoms with Crippen LogP contribution < -0.4 is 0 Å². The highest BCUT2D eigenvalue weighted by Crippen LogP contribution is 2.89. The maximum absolute atomic E-state index is 12.5. The number of hydrogen-bond donors (Lipinski definition) is 13. The molecule has 26 atom stereocenters. The van der Waals surface area contributed by atoms with Crippen molar-refractivity contribution < 1.29 is 94.8 Å². The predicted molar refractivity (Wildman–Crippen MR) is 228 cm³/mol. The van der Waals surface area contributed by atoms with Crippen LogP contribution >= 0.6 is 0 Å². The van der Waals surface area contributed by atoms with E-state index in [2.05, 4.69) is 34.6 Å². The minimum Gasteiger partial charge on any atom is -0.394 e. The van der Waals surface area contributed by atoms with E-state index in [4.69, 9.17) is 28.4 Å². The molecule has 2 spiro atoms. The lowest BCUT2D eigenvalue weighted by atomic mass is 9.41. The van der Waals surface area contributed by atoms with Gasteiger partial charge in [0.1, 0.15) is 67.1 Å². The van der Waals surface area contributed by atoms with Crippen LogP contribution in [0.1, 0.15) is 106 Å². The second-order valence-corrected chi connectivity index (χ2v) is 23.5. The van der Waals surface area contributed by atoms with E-state index in [1.165, 1.54) is 0 Å². The summed E-state index contributed by atoms with van der Waals surface area (Å²) in [4.78, 5) is 0. The van der Waals surface area contributed by atoms with Crippen molar-refractivity contribution >= 4 is 0 Å². The van der Waals surface area contributed by atoms with Gasteiger partial charge in [-0.3, -0.25) is 0 Å². The van der Waals surface area contributed by atoms with Crippen LogP contribution in [0.5, 0.6) is 0 Å². The van der Waals surface area contributed by atoms with Crippen LogP contribution in [0, 0.1) is 50.7 Å². The zero-order valence-electron chi connectivity index (χ0n) is 39.5. The molecule has 0 aromatic rings. The molecule has 3 saturated heterocycles. The van der Waals surface area contributed by atoms with Gasteiger partial charge in [0.05, 0.1) is 49.8 Å². The molecule has 66 heavy (non-hydrogen) atoms. The number of ether oxygens (including phenoxy) is 6. The van der Waals surface area contributed by atoms with Crippen LogP contribution in [0.2, 0.25) is 0 Å². The van der Waals surface area contributed by atoms with E-state index in [0.29, 0.717) is 32.1 Å². The Morgan fingerprint density at radius 1 is 0.652 bits per heavy atom. The van der Waals surface area contributed by atoms with Crippen molar-refractivity contribution in [1.82, 2.24) is 0 Å². The number of aliphatic hydroxyl groups excluding tert-OH is 12. The summed E-state index contributed by atoms with van der Waals surface area (Å²) in [5, 5.41) is 140. The Balaban J connectivity index is 0.974. The average molecular weight is 949 g/mol. The van der Waals surface area contributed by atoms with Gasteiger partial charge in [0.15, 0.2) is 18.9 Å². The Kier molecular flexibility index (Phi) is 14.1. The van der Waals surface area contributed by atoms with E-state index < -0.39 is 135 Å². The van der Waals surface area contributed by atoms with Crippen molar-refractivity contribution in [2.45, 2.75) is 222 Å². The van der Waals surface area contributed by atoms with Crippen molar-refractivity contribution in [3.8, 4) is 0 Å². The van der Waals surface area contributed by atoms with Gasteiger partial charge in [-0.15, -0.1) is 0 Å². The Labute approximate surface area is 386 Å². The molecule has 382 valence electrons. The number of rotatable bonds is 13. The number of fused-ring (bicyclic) bond motifs is 2. The summed E-state index contributed by atoms with van der Waals surface area (Å²) < 4.78 is 35.9. The van der Waals surface area contributed by atoms with Gasteiger partial charge in [-0.25, -0.2) is 0 Å². The molecule has 5 saturated carbocycles. The molecular formula is C47H80O19. The Morgan fingerprint density at radius 2 is 1.27 bits per heavy atom. The van der Waals surface area contributed by atoms with E-state index in [-0.39, 0.29) is 51.9 Å². The molecule has 0 bridgehead atoms. The van der Waals surface area contributed by atoms with E-state index in [1.54, 1.807) is 13.8 Å². The first-order chi connectivity index (χ1) is 30.7. The standard InChI is InChI=1S/C47H80O19/c1-20(8-9-28(43(4,5)60)65-40-36(59)33(56)31(54)24(16-48)62-40)29-22(51)15-45(7)26-14-21(50)38-42(2,3)27(10-11-47(38)19-46(26,47)13-12-44(29,45)6)64-41-37(34(57)32(55)25(17-49)63-41)66-39-35(58)30(53)23(52)18-61-39/h20-41,48-60H,8-19H2,1-7H3/t20-,21+,22+,23+,24-,25-,26+,27+,28-,29+,30+,31-,32-,33+,34+,35-,36-,37-,38+,39+,40+,41+,44-,45+,46+,47-/m1/s1. The highest BCUT2D eigenvalue weighted by atomic mass is 16.8. The Hall–Kier alpha value is -0.760. The molecule has 8 rings (SSSR count). The van der Waals surface area contributed by atoms with Crippen LogP contribution in [-0.2, 0) is 28.4 Å². The molecule has 8 fully saturated rings. The van der Waals surface area contributed by atoms with Crippen LogP contribution in [0.4, 0.5) is 0 Å². The summed E-state index contributed by atoms with van der Waals surface area (Å²) >= 11 is 0. The number of aliphatic hydroxyl groups is 13. The van der Waals surface area contributed by atoms with Gasteiger partial charge in [0.2, 0.25) is 0 Å². The molecule has 0 radical (unpaired) electrons. The lowest BCUT2D eigenvalue weighted by Gasteiger charge is -2.64. The van der Waals surface area contributed by atoms with Crippen LogP contribution in [0.3, 0.4) is 0 Å². The maximum atomic E-state index is 12.5. The normalized spacial score (nSPS) is 54.4. The molecule has 3 aliphatic heterocycles. The zero-order valence-corrected chi connectivity index (χ0v) is 39.5. The summed E-state index contributed by atoms with van der Waals surface area (Å²) in [5.74, 6) is -0.223. The SMILES string of the molecule is C[C@H](CC[C@@H](O[C@@H]1O[C@H](CO)[C@@H](O)[C@H](O)[C@H]1O)C(C)(C)O)[C@H]1[C@@H](O)C[C@@]2(C)[C@@H]3C[C@H](O)[C@H]4C(C)(C)[C@@H](O[C@@H]5O[C@H](CO)[C@@H](O)[C@H](O)[C@H]5O[C@@H]5OC[C@H](O)[C@H](O)[C@H]5O)CC[C@@]45C[C@@]35CC[C@]12C. The fourth-order valence-corrected chi connectivity index (χ4v) is 15.8. The molecule has 19 heteroatoms. The summed E-state index contributed by atoms with van der Waals surface area (Å²) in [7, 11) is 0. The van der Waals surface area contributed by atoms with E-state index in [9.17, 15) is 66.4 Å². The Morgan fingerprint density at radius 3 is 1.91 bits per heavy atom. The first-order valence-corrected chi connectivity index (χ1v) is 24.4. The molecule has 5 aliphatic carbocycles. The monoisotopic (exact) mass is 949 g/mol. The van der Waals surface area contributed by atoms with Crippen molar-refractivity contribution in [2.75, 3.05) is 19.8 Å². The van der Waals surface area contributed by atoms with Gasteiger partial charge in [0.25, 0.3) is 0 Å². The molecule has 0 aromatic heterocycles. The second-order valence-electron chi connectivity index (χ2n) is 23.5. The quantitative estimate of drug-likeness (QED) is 0.0924. The van der Waals surface area contributed by atoms with Gasteiger partial charge in [0, 0.05) is 0 Å². The van der Waals surface area contributed by atoms with Gasteiger partial charge in [-0.2, -0.15) is 0 Å². The second kappa shape index (κ2) is 18.1. The third-order valence-electron chi connectivity index (χ3n) is 19.4. The van der Waals surface area contributed by atoms with Crippen LogP contribution in [0.25, 0.3) is 0 Å². The van der Waals surface area contributed by atoms with E-state index in [1.807, 2.05) is 0 Å². The Bertz CT molecular complexity index is 1700. The first kappa shape index (κ1) is 51.6. The fourth-order valence-electron chi connectivity index (χ4n) is 15.8. The third kappa shape index (κ3) is 7.98. The highest BCUT2D eigenvalue weighted by Gasteiger charge is 2.84. The summed E-state index contributed by atoms with van der Waals surface area (Å²) in [5.41, 5.74) is -2.97. The van der Waals surface area contributed by atoms with Crippen molar-refractivity contribution in [3.63, 3.8) is 0 Å². The maximum Gasteiger partial charge on any atom is 0.187 e. The lowest BCUT2D eigenvalue weighted by molar-refractivity contribution is -0.370. The molecule has 3 heterocycles. The average Bonchev–Trinajstić information content (AvgIpc) is 3.84. The smallest absolute Gasteiger partial charge is 0.187 e. The molecule has 0 aromatic carbocycles. The minimum absolute atomic E-state index is 0.0328. The first-order valence-electron chi connectivity index (χ1n) is 24.4. The van der Waals surface area contributed by atoms with Crippen molar-refractivity contribution in [2.24, 2.45) is 50.7 Å². The topological polar surface area (TPSA) is 318 Å². The van der Waals surface area contributed by atoms with Gasteiger partial charge < -0.3 is 94.8 Å². The van der Waals surface area contributed by atoms with Gasteiger partial charge in [-0.05, 0) is 122 Å². The van der Waals surface area contributed by atoms with Crippen molar-refractivity contribution in [1.29, 1.82) is 0 Å². The molecule has 0 unspecified atom stereocenters. The summed E-state index contributed by atoms with van der Waals surface area (Å²) in [6, 6.07) is 0. The third-order valence-corrected chi connectivity index (χ3v) is 19.4. The summed E-state index contributed by atoms with van der Waals surface area (Å²) in [6.07, 6.45) is -17.5. The van der Waals surface area contributed by atoms with E-state index in [0.717, 1.165) is 25.7 Å². The number of hydrogen-bond acceptors (Lipinski definition) is 19. The zero-order chi connectivity index (χ0) is 48.4. The molecule has 13 N–H and O–H groups in total. The van der Waals surface area contributed by atoms with Crippen LogP contribution in [0.15, 0.2) is 0 Å². The van der Waals surface area contributed by atoms with Crippen molar-refractivity contribution in [3.05, 3.63) is 0 Å².